The predicted octanol–water partition coefficient (Wildman–Crippen LogP) is 3.41. The number of benzene rings is 1. The second-order valence-electron chi connectivity index (χ2n) is 4.60. The largest absolute Gasteiger partial charge is 0.378 e. The molecule has 1 saturated heterocycles. The Bertz CT molecular complexity index is 397. The number of nitrogens with two attached hydrogens (primary N) is 1. The van der Waals surface area contributed by atoms with Crippen molar-refractivity contribution in [3.63, 3.8) is 0 Å². The van der Waals surface area contributed by atoms with Crippen molar-refractivity contribution in [3.05, 3.63) is 32.4 Å². The summed E-state index contributed by atoms with van der Waals surface area (Å²) >= 11 is 8.37. The number of halogens is 2. The molecule has 0 spiro atoms. The standard InChI is InChI=1S/C13H18ClIN2O/c14-9-3-5-12(15)11(8-9)13(17-16)6-4-10-2-1-7-18-10/h3,5,8,10,13,17H,1-2,4,6-7,16H2. The van der Waals surface area contributed by atoms with Gasteiger partial charge in [-0.15, -0.1) is 0 Å². The molecule has 0 bridgehead atoms. The van der Waals surface area contributed by atoms with E-state index >= 15 is 0 Å². The first kappa shape index (κ1) is 14.5. The van der Waals surface area contributed by atoms with Gasteiger partial charge in [-0.05, 0) is 72.0 Å². The average Bonchev–Trinajstić information content (AvgIpc) is 2.87. The highest BCUT2D eigenvalue weighted by molar-refractivity contribution is 14.1. The van der Waals surface area contributed by atoms with E-state index in [2.05, 4.69) is 28.0 Å². The fraction of sp³-hybridized carbons (Fsp3) is 0.538. The van der Waals surface area contributed by atoms with Crippen LogP contribution in [-0.2, 0) is 4.74 Å². The van der Waals surface area contributed by atoms with E-state index in [9.17, 15) is 0 Å². The molecule has 0 radical (unpaired) electrons. The Morgan fingerprint density at radius 2 is 2.39 bits per heavy atom. The summed E-state index contributed by atoms with van der Waals surface area (Å²) in [6.07, 6.45) is 4.76. The highest BCUT2D eigenvalue weighted by atomic mass is 127. The minimum atomic E-state index is 0.139. The summed E-state index contributed by atoms with van der Waals surface area (Å²) in [6, 6.07) is 6.05. The summed E-state index contributed by atoms with van der Waals surface area (Å²) in [5.41, 5.74) is 4.06. The van der Waals surface area contributed by atoms with Gasteiger partial charge in [-0.25, -0.2) is 0 Å². The zero-order valence-electron chi connectivity index (χ0n) is 10.2. The number of hydrogen-bond acceptors (Lipinski definition) is 3. The summed E-state index contributed by atoms with van der Waals surface area (Å²) in [7, 11) is 0. The van der Waals surface area contributed by atoms with Crippen LogP contribution in [-0.4, -0.2) is 12.7 Å². The first-order valence-corrected chi connectivity index (χ1v) is 7.69. The van der Waals surface area contributed by atoms with Gasteiger partial charge in [0, 0.05) is 21.2 Å². The summed E-state index contributed by atoms with van der Waals surface area (Å²) in [6.45, 7) is 0.903. The number of hydrogen-bond donors (Lipinski definition) is 2. The van der Waals surface area contributed by atoms with Gasteiger partial charge in [0.15, 0.2) is 0 Å². The zero-order chi connectivity index (χ0) is 13.0. The molecule has 1 heterocycles. The molecule has 1 aliphatic rings. The van der Waals surface area contributed by atoms with Crippen LogP contribution < -0.4 is 11.3 Å². The van der Waals surface area contributed by atoms with Gasteiger partial charge in [0.25, 0.3) is 0 Å². The molecule has 2 rings (SSSR count). The second-order valence-corrected chi connectivity index (χ2v) is 6.20. The lowest BCUT2D eigenvalue weighted by molar-refractivity contribution is 0.0996. The molecule has 0 aliphatic carbocycles. The molecule has 1 aromatic carbocycles. The van der Waals surface area contributed by atoms with Crippen LogP contribution in [0.25, 0.3) is 0 Å². The molecule has 3 nitrogen and oxygen atoms in total. The van der Waals surface area contributed by atoms with Gasteiger partial charge < -0.3 is 4.74 Å². The van der Waals surface area contributed by atoms with E-state index < -0.39 is 0 Å². The molecule has 1 aliphatic heterocycles. The van der Waals surface area contributed by atoms with E-state index in [-0.39, 0.29) is 6.04 Å². The summed E-state index contributed by atoms with van der Waals surface area (Å²) in [4.78, 5) is 0. The Balaban J connectivity index is 2.00. The van der Waals surface area contributed by atoms with Gasteiger partial charge in [0.1, 0.15) is 0 Å². The van der Waals surface area contributed by atoms with Gasteiger partial charge in [-0.3, -0.25) is 11.3 Å². The van der Waals surface area contributed by atoms with E-state index in [0.717, 1.165) is 24.5 Å². The van der Waals surface area contributed by atoms with Crippen LogP contribution in [0.3, 0.4) is 0 Å². The minimum absolute atomic E-state index is 0.139. The van der Waals surface area contributed by atoms with Gasteiger partial charge in [0.05, 0.1) is 6.10 Å². The minimum Gasteiger partial charge on any atom is -0.378 e. The quantitative estimate of drug-likeness (QED) is 0.467. The maximum absolute atomic E-state index is 6.05. The van der Waals surface area contributed by atoms with Gasteiger partial charge >= 0.3 is 0 Å². The molecular formula is C13H18ClIN2O. The third-order valence-corrected chi connectivity index (χ3v) is 4.55. The molecule has 1 fully saturated rings. The van der Waals surface area contributed by atoms with Crippen LogP contribution in [0.5, 0.6) is 0 Å². The van der Waals surface area contributed by atoms with Crippen molar-refractivity contribution in [3.8, 4) is 0 Å². The third-order valence-electron chi connectivity index (χ3n) is 3.34. The van der Waals surface area contributed by atoms with E-state index in [1.807, 2.05) is 18.2 Å². The summed E-state index contributed by atoms with van der Waals surface area (Å²) in [5, 5.41) is 0.753. The zero-order valence-corrected chi connectivity index (χ0v) is 13.1. The Hall–Kier alpha value is 0.120. The summed E-state index contributed by atoms with van der Waals surface area (Å²) < 4.78 is 6.83. The predicted molar refractivity (Wildman–Crippen MR) is 82.4 cm³/mol. The van der Waals surface area contributed by atoms with Crippen molar-refractivity contribution < 1.29 is 4.74 Å². The molecule has 18 heavy (non-hydrogen) atoms. The van der Waals surface area contributed by atoms with Gasteiger partial charge in [-0.1, -0.05) is 11.6 Å². The number of hydrazine groups is 1. The maximum atomic E-state index is 6.05. The van der Waals surface area contributed by atoms with E-state index in [1.54, 1.807) is 0 Å². The van der Waals surface area contributed by atoms with E-state index in [0.29, 0.717) is 6.10 Å². The smallest absolute Gasteiger partial charge is 0.0576 e. The SMILES string of the molecule is NNC(CCC1CCCO1)c1cc(Cl)ccc1I. The Kier molecular flexibility index (Phi) is 5.69. The molecule has 2 atom stereocenters. The molecule has 0 amide bonds. The molecule has 2 unspecified atom stereocenters. The topological polar surface area (TPSA) is 47.3 Å². The lowest BCUT2D eigenvalue weighted by atomic mass is 10.00. The molecule has 0 aromatic heterocycles. The molecule has 1 aromatic rings. The summed E-state index contributed by atoms with van der Waals surface area (Å²) in [5.74, 6) is 5.67. The fourth-order valence-electron chi connectivity index (χ4n) is 2.33. The van der Waals surface area contributed by atoms with Gasteiger partial charge in [0.2, 0.25) is 0 Å². The number of rotatable bonds is 5. The van der Waals surface area contributed by atoms with Crippen molar-refractivity contribution in [2.24, 2.45) is 5.84 Å². The first-order valence-electron chi connectivity index (χ1n) is 6.23. The van der Waals surface area contributed by atoms with E-state index in [4.69, 9.17) is 22.2 Å². The molecular weight excluding hydrogens is 363 g/mol. The monoisotopic (exact) mass is 380 g/mol. The lowest BCUT2D eigenvalue weighted by Gasteiger charge is -2.20. The van der Waals surface area contributed by atoms with Crippen LogP contribution in [0.2, 0.25) is 5.02 Å². The van der Waals surface area contributed by atoms with Crippen LogP contribution >= 0.6 is 34.2 Å². The van der Waals surface area contributed by atoms with Crippen LogP contribution in [0, 0.1) is 3.57 Å². The highest BCUT2D eigenvalue weighted by Crippen LogP contribution is 2.28. The molecule has 5 heteroatoms. The van der Waals surface area contributed by atoms with Gasteiger partial charge in [-0.2, -0.15) is 0 Å². The molecule has 100 valence electrons. The Morgan fingerprint density at radius 1 is 1.56 bits per heavy atom. The second kappa shape index (κ2) is 7.05. The average molecular weight is 381 g/mol. The third kappa shape index (κ3) is 3.81. The number of nitrogens with one attached hydrogen (secondary N) is 1. The Morgan fingerprint density at radius 3 is 3.06 bits per heavy atom. The highest BCUT2D eigenvalue weighted by Gasteiger charge is 2.19. The molecule has 0 saturated carbocycles. The number of ether oxygens (including phenoxy) is 1. The maximum Gasteiger partial charge on any atom is 0.0576 e. The van der Waals surface area contributed by atoms with Crippen molar-refractivity contribution in [2.75, 3.05) is 6.61 Å². The Labute approximate surface area is 127 Å². The van der Waals surface area contributed by atoms with Crippen LogP contribution in [0.1, 0.15) is 37.3 Å². The van der Waals surface area contributed by atoms with Crippen molar-refractivity contribution >= 4 is 34.2 Å². The lowest BCUT2D eigenvalue weighted by Crippen LogP contribution is -2.29. The fourth-order valence-corrected chi connectivity index (χ4v) is 3.23. The van der Waals surface area contributed by atoms with E-state index in [1.165, 1.54) is 22.0 Å². The van der Waals surface area contributed by atoms with Crippen molar-refractivity contribution in [1.29, 1.82) is 0 Å². The van der Waals surface area contributed by atoms with Crippen molar-refractivity contribution in [1.82, 2.24) is 5.43 Å². The normalized spacial score (nSPS) is 21.2. The van der Waals surface area contributed by atoms with Crippen LogP contribution in [0.15, 0.2) is 18.2 Å². The first-order chi connectivity index (χ1) is 8.70. The van der Waals surface area contributed by atoms with Crippen LogP contribution in [0.4, 0.5) is 0 Å². The molecule has 3 N–H and O–H groups in total. The van der Waals surface area contributed by atoms with Crippen molar-refractivity contribution in [2.45, 2.75) is 37.8 Å².